The molecule has 1 fully saturated rings. The highest BCUT2D eigenvalue weighted by Crippen LogP contribution is 2.26. The molecular formula is C13H19ClN4O2S. The molecule has 21 heavy (non-hydrogen) atoms. The summed E-state index contributed by atoms with van der Waals surface area (Å²) in [5.41, 5.74) is 0. The molecule has 116 valence electrons. The summed E-state index contributed by atoms with van der Waals surface area (Å²) >= 11 is 1.45. The lowest BCUT2D eigenvalue weighted by atomic mass is 10.2. The Morgan fingerprint density at radius 3 is 2.90 bits per heavy atom. The van der Waals surface area contributed by atoms with Crippen molar-refractivity contribution in [1.29, 1.82) is 0 Å². The van der Waals surface area contributed by atoms with E-state index in [0.29, 0.717) is 0 Å². The fourth-order valence-corrected chi connectivity index (χ4v) is 2.86. The normalized spacial score (nSPS) is 15.8. The number of hydrogen-bond acceptors (Lipinski definition) is 6. The predicted octanol–water partition coefficient (Wildman–Crippen LogP) is 2.24. The standard InChI is InChI=1S/C13H18N4O2S.ClH/c1(5-17-6-8-18-9-7-17)2-11-3-4-12(19-11)20-13-14-10-15-16-13;/h3-4,10H,1-2,5-9H2,(H,14,15,16);1H. The van der Waals surface area contributed by atoms with Crippen LogP contribution < -0.4 is 0 Å². The maximum atomic E-state index is 5.78. The number of rotatable bonds is 6. The van der Waals surface area contributed by atoms with Crippen LogP contribution in [0.25, 0.3) is 0 Å². The van der Waals surface area contributed by atoms with E-state index in [-0.39, 0.29) is 12.4 Å². The van der Waals surface area contributed by atoms with Gasteiger partial charge in [0, 0.05) is 19.5 Å². The molecule has 0 unspecified atom stereocenters. The Balaban J connectivity index is 0.00000161. The van der Waals surface area contributed by atoms with E-state index in [1.807, 2.05) is 12.1 Å². The van der Waals surface area contributed by atoms with Crippen molar-refractivity contribution in [3.8, 4) is 0 Å². The molecule has 0 amide bonds. The summed E-state index contributed by atoms with van der Waals surface area (Å²) in [6.07, 6.45) is 3.57. The second kappa shape index (κ2) is 8.43. The summed E-state index contributed by atoms with van der Waals surface area (Å²) < 4.78 is 11.1. The van der Waals surface area contributed by atoms with Gasteiger partial charge in [-0.2, -0.15) is 5.10 Å². The van der Waals surface area contributed by atoms with Gasteiger partial charge in [0.05, 0.1) is 13.2 Å². The first kappa shape index (κ1) is 16.4. The van der Waals surface area contributed by atoms with Crippen molar-refractivity contribution >= 4 is 24.2 Å². The van der Waals surface area contributed by atoms with Gasteiger partial charge in [0.1, 0.15) is 12.1 Å². The summed E-state index contributed by atoms with van der Waals surface area (Å²) in [5, 5.41) is 8.22. The molecule has 1 N–H and O–H groups in total. The van der Waals surface area contributed by atoms with Crippen LogP contribution in [-0.2, 0) is 11.2 Å². The maximum absolute atomic E-state index is 5.78. The van der Waals surface area contributed by atoms with Gasteiger partial charge in [0.15, 0.2) is 10.2 Å². The minimum Gasteiger partial charge on any atom is -0.454 e. The number of aryl methyl sites for hydroxylation is 1. The van der Waals surface area contributed by atoms with Crippen LogP contribution in [0, 0.1) is 0 Å². The number of ether oxygens (including phenoxy) is 1. The zero-order chi connectivity index (χ0) is 13.6. The van der Waals surface area contributed by atoms with E-state index < -0.39 is 0 Å². The molecule has 0 saturated carbocycles. The van der Waals surface area contributed by atoms with Gasteiger partial charge < -0.3 is 9.15 Å². The van der Waals surface area contributed by atoms with Gasteiger partial charge in [-0.15, -0.1) is 12.4 Å². The molecule has 0 bridgehead atoms. The third-order valence-electron chi connectivity index (χ3n) is 3.23. The summed E-state index contributed by atoms with van der Waals surface area (Å²) in [7, 11) is 0. The van der Waals surface area contributed by atoms with Crippen molar-refractivity contribution in [2.24, 2.45) is 0 Å². The molecule has 1 saturated heterocycles. The van der Waals surface area contributed by atoms with Crippen molar-refractivity contribution in [2.45, 2.75) is 23.1 Å². The van der Waals surface area contributed by atoms with E-state index >= 15 is 0 Å². The van der Waals surface area contributed by atoms with E-state index in [1.165, 1.54) is 18.1 Å². The molecule has 3 heterocycles. The third-order valence-corrected chi connectivity index (χ3v) is 4.04. The lowest BCUT2D eigenvalue weighted by molar-refractivity contribution is 0.0373. The summed E-state index contributed by atoms with van der Waals surface area (Å²) in [5.74, 6) is 1.03. The molecule has 3 rings (SSSR count). The van der Waals surface area contributed by atoms with Gasteiger partial charge >= 0.3 is 0 Å². The maximum Gasteiger partial charge on any atom is 0.191 e. The number of furan rings is 1. The topological polar surface area (TPSA) is 67.2 Å². The van der Waals surface area contributed by atoms with Crippen LogP contribution in [0.5, 0.6) is 0 Å². The Hall–Kier alpha value is -1.02. The van der Waals surface area contributed by atoms with Crippen LogP contribution in [0.4, 0.5) is 0 Å². The minimum atomic E-state index is 0. The number of aromatic amines is 1. The Kier molecular flexibility index (Phi) is 6.56. The first-order valence-corrected chi connectivity index (χ1v) is 7.64. The minimum absolute atomic E-state index is 0. The smallest absolute Gasteiger partial charge is 0.191 e. The lowest BCUT2D eigenvalue weighted by Crippen LogP contribution is -2.36. The summed E-state index contributed by atoms with van der Waals surface area (Å²) in [6, 6.07) is 4.02. The summed E-state index contributed by atoms with van der Waals surface area (Å²) in [6.45, 7) is 4.92. The monoisotopic (exact) mass is 330 g/mol. The first-order valence-electron chi connectivity index (χ1n) is 6.82. The highest BCUT2D eigenvalue weighted by atomic mass is 35.5. The molecule has 0 radical (unpaired) electrons. The molecule has 8 heteroatoms. The first-order chi connectivity index (χ1) is 9.90. The van der Waals surface area contributed by atoms with E-state index in [0.717, 1.165) is 61.7 Å². The molecule has 2 aromatic heterocycles. The number of hydrogen-bond donors (Lipinski definition) is 1. The van der Waals surface area contributed by atoms with E-state index in [1.54, 1.807) is 0 Å². The van der Waals surface area contributed by atoms with Crippen molar-refractivity contribution in [3.63, 3.8) is 0 Å². The molecule has 0 aromatic carbocycles. The molecule has 0 spiro atoms. The molecule has 0 atom stereocenters. The number of aromatic nitrogens is 3. The largest absolute Gasteiger partial charge is 0.454 e. The van der Waals surface area contributed by atoms with Crippen molar-refractivity contribution < 1.29 is 9.15 Å². The van der Waals surface area contributed by atoms with Crippen molar-refractivity contribution in [1.82, 2.24) is 20.1 Å². The molecule has 2 aromatic rings. The van der Waals surface area contributed by atoms with Crippen LogP contribution in [-0.4, -0.2) is 52.9 Å². The predicted molar refractivity (Wildman–Crippen MR) is 82.0 cm³/mol. The number of nitrogens with zero attached hydrogens (tertiary/aromatic N) is 3. The average molecular weight is 331 g/mol. The number of morpholine rings is 1. The van der Waals surface area contributed by atoms with Gasteiger partial charge in [0.2, 0.25) is 0 Å². The molecule has 1 aliphatic rings. The van der Waals surface area contributed by atoms with Crippen LogP contribution in [0.3, 0.4) is 0 Å². The van der Waals surface area contributed by atoms with Gasteiger partial charge in [-0.1, -0.05) is 0 Å². The zero-order valence-corrected chi connectivity index (χ0v) is 13.3. The Morgan fingerprint density at radius 2 is 2.14 bits per heavy atom. The van der Waals surface area contributed by atoms with Crippen LogP contribution in [0.1, 0.15) is 12.2 Å². The number of nitrogens with one attached hydrogen (secondary N) is 1. The van der Waals surface area contributed by atoms with Gasteiger partial charge in [0.25, 0.3) is 0 Å². The number of halogens is 1. The highest BCUT2D eigenvalue weighted by molar-refractivity contribution is 7.99. The molecule has 0 aliphatic carbocycles. The lowest BCUT2D eigenvalue weighted by Gasteiger charge is -2.26. The average Bonchev–Trinajstić information content (AvgIpc) is 3.13. The second-order valence-corrected chi connectivity index (χ2v) is 5.66. The van der Waals surface area contributed by atoms with E-state index in [9.17, 15) is 0 Å². The molecular weight excluding hydrogens is 312 g/mol. The summed E-state index contributed by atoms with van der Waals surface area (Å²) in [4.78, 5) is 6.50. The van der Waals surface area contributed by atoms with Crippen LogP contribution in [0.15, 0.2) is 33.1 Å². The van der Waals surface area contributed by atoms with Gasteiger partial charge in [-0.3, -0.25) is 10.00 Å². The Labute approximate surface area is 134 Å². The number of H-pyrrole nitrogens is 1. The van der Waals surface area contributed by atoms with Crippen LogP contribution >= 0.6 is 24.2 Å². The van der Waals surface area contributed by atoms with Crippen molar-refractivity contribution in [2.75, 3.05) is 32.8 Å². The third kappa shape index (κ3) is 5.03. The highest BCUT2D eigenvalue weighted by Gasteiger charge is 2.10. The molecule has 6 nitrogen and oxygen atoms in total. The fraction of sp³-hybridized carbons (Fsp3) is 0.538. The van der Waals surface area contributed by atoms with E-state index in [2.05, 4.69) is 20.1 Å². The van der Waals surface area contributed by atoms with E-state index in [4.69, 9.17) is 9.15 Å². The quantitative estimate of drug-likeness (QED) is 0.876. The SMILES string of the molecule is Cl.c1n[nH]c(Sc2ccc(CCCN3CCOCC3)o2)n1. The van der Waals surface area contributed by atoms with Gasteiger partial charge in [-0.05, 0) is 36.9 Å². The van der Waals surface area contributed by atoms with Crippen molar-refractivity contribution in [3.05, 3.63) is 24.2 Å². The van der Waals surface area contributed by atoms with Gasteiger partial charge in [-0.25, -0.2) is 4.98 Å². The Morgan fingerprint density at radius 1 is 1.29 bits per heavy atom. The Bertz CT molecular complexity index is 514. The second-order valence-electron chi connectivity index (χ2n) is 4.67. The fourth-order valence-electron chi connectivity index (χ4n) is 2.19. The van der Waals surface area contributed by atoms with Crippen LogP contribution in [0.2, 0.25) is 0 Å². The molecule has 1 aliphatic heterocycles. The zero-order valence-electron chi connectivity index (χ0n) is 11.7.